The van der Waals surface area contributed by atoms with E-state index >= 15 is 0 Å². The summed E-state index contributed by atoms with van der Waals surface area (Å²) in [6.45, 7) is 5.18. The Balaban J connectivity index is 1.78. The number of rotatable bonds is 7. The molecule has 0 radical (unpaired) electrons. The van der Waals surface area contributed by atoms with E-state index in [0.29, 0.717) is 37.8 Å². The highest BCUT2D eigenvalue weighted by Crippen LogP contribution is 2.33. The minimum absolute atomic E-state index is 0.0628. The molecule has 3 rings (SSSR count). The van der Waals surface area contributed by atoms with Crippen LogP contribution in [0.4, 0.5) is 24.9 Å². The highest BCUT2D eigenvalue weighted by Gasteiger charge is 2.34. The van der Waals surface area contributed by atoms with Gasteiger partial charge in [0.05, 0.1) is 5.39 Å². The largest absolute Gasteiger partial charge is 0.397 e. The lowest BCUT2D eigenvalue weighted by atomic mass is 10.2. The molecule has 1 aliphatic rings. The Labute approximate surface area is 176 Å². The summed E-state index contributed by atoms with van der Waals surface area (Å²) in [7, 11) is 0. The maximum absolute atomic E-state index is 12.5. The summed E-state index contributed by atoms with van der Waals surface area (Å²) in [6.07, 6.45) is -4.71. The Morgan fingerprint density at radius 3 is 2.50 bits per heavy atom. The van der Waals surface area contributed by atoms with Gasteiger partial charge < -0.3 is 15.1 Å². The first-order chi connectivity index (χ1) is 14.2. The molecule has 0 aromatic carbocycles. The minimum Gasteiger partial charge on any atom is -0.354 e. The smallest absolute Gasteiger partial charge is 0.354 e. The van der Waals surface area contributed by atoms with Crippen molar-refractivity contribution in [2.45, 2.75) is 39.3 Å². The first kappa shape index (κ1) is 22.3. The van der Waals surface area contributed by atoms with Gasteiger partial charge in [-0.15, -0.1) is 11.3 Å². The second-order valence-corrected chi connectivity index (χ2v) is 8.31. The number of amides is 1. The van der Waals surface area contributed by atoms with Crippen LogP contribution >= 0.6 is 11.3 Å². The van der Waals surface area contributed by atoms with Crippen LogP contribution in [0.2, 0.25) is 0 Å². The van der Waals surface area contributed by atoms with Gasteiger partial charge in [-0.05, 0) is 19.4 Å². The van der Waals surface area contributed by atoms with Gasteiger partial charge in [-0.25, -0.2) is 4.98 Å². The number of alkyl halides is 3. The molecule has 164 valence electrons. The van der Waals surface area contributed by atoms with E-state index < -0.39 is 18.5 Å². The third-order valence-electron chi connectivity index (χ3n) is 4.82. The number of carbonyl (C=O) groups excluding carboxylic acids is 2. The molecule has 0 atom stereocenters. The van der Waals surface area contributed by atoms with Crippen molar-refractivity contribution < 1.29 is 22.8 Å². The van der Waals surface area contributed by atoms with Crippen molar-refractivity contribution in [3.05, 3.63) is 10.9 Å². The van der Waals surface area contributed by atoms with Crippen LogP contribution in [-0.4, -0.2) is 65.5 Å². The zero-order valence-corrected chi connectivity index (χ0v) is 17.7. The third kappa shape index (κ3) is 5.59. The highest BCUT2D eigenvalue weighted by atomic mass is 32.1. The average Bonchev–Trinajstić information content (AvgIpc) is 3.09. The number of anilines is 2. The summed E-state index contributed by atoms with van der Waals surface area (Å²) in [6, 6.07) is 2.04. The van der Waals surface area contributed by atoms with E-state index in [4.69, 9.17) is 0 Å². The van der Waals surface area contributed by atoms with E-state index in [9.17, 15) is 22.8 Å². The summed E-state index contributed by atoms with van der Waals surface area (Å²) >= 11 is 1.57. The molecule has 0 spiro atoms. The summed E-state index contributed by atoms with van der Waals surface area (Å²) in [5.41, 5.74) is 0. The number of ketones is 1. The minimum atomic E-state index is -4.50. The van der Waals surface area contributed by atoms with Crippen LogP contribution in [0, 0.1) is 0 Å². The topological polar surface area (TPSA) is 78.4 Å². The Morgan fingerprint density at radius 1 is 1.20 bits per heavy atom. The molecule has 2 aromatic rings. The molecule has 2 aromatic heterocycles. The van der Waals surface area contributed by atoms with E-state index in [1.807, 2.05) is 11.0 Å². The van der Waals surface area contributed by atoms with Crippen molar-refractivity contribution in [3.63, 3.8) is 0 Å². The molecule has 11 heteroatoms. The Kier molecular flexibility index (Phi) is 6.79. The Bertz CT molecular complexity index is 923. The van der Waals surface area contributed by atoms with Crippen LogP contribution in [-0.2, 0) is 16.0 Å². The monoisotopic (exact) mass is 443 g/mol. The second kappa shape index (κ2) is 9.15. The molecule has 0 aliphatic carbocycles. The predicted molar refractivity (Wildman–Crippen MR) is 110 cm³/mol. The van der Waals surface area contributed by atoms with Crippen molar-refractivity contribution in [1.29, 1.82) is 0 Å². The molecule has 0 unspecified atom stereocenters. The van der Waals surface area contributed by atoms with Crippen molar-refractivity contribution in [3.8, 4) is 0 Å². The van der Waals surface area contributed by atoms with Crippen LogP contribution in [0.1, 0.15) is 31.6 Å². The Hall–Kier alpha value is -2.43. The van der Waals surface area contributed by atoms with Gasteiger partial charge in [-0.2, -0.15) is 18.2 Å². The van der Waals surface area contributed by atoms with Crippen LogP contribution in [0.15, 0.2) is 6.07 Å². The van der Waals surface area contributed by atoms with Crippen LogP contribution in [0.5, 0.6) is 0 Å². The predicted octanol–water partition coefficient (Wildman–Crippen LogP) is 3.25. The number of fused-ring (bicyclic) bond motifs is 1. The summed E-state index contributed by atoms with van der Waals surface area (Å²) < 4.78 is 37.5. The fourth-order valence-corrected chi connectivity index (χ4v) is 4.21. The number of halogens is 3. The molecule has 0 saturated carbocycles. The molecular weight excluding hydrogens is 419 g/mol. The number of nitrogens with one attached hydrogen (secondary N) is 1. The molecule has 7 nitrogen and oxygen atoms in total. The molecule has 1 fully saturated rings. The normalized spacial score (nSPS) is 15.0. The van der Waals surface area contributed by atoms with Gasteiger partial charge in [0.2, 0.25) is 11.9 Å². The van der Waals surface area contributed by atoms with Gasteiger partial charge in [0, 0.05) is 44.0 Å². The standard InChI is InChI=1S/C19H24F3N5O2S/c1-3-13-10-14-16(24-18(25-17(14)30-13)23-5-4-12(2)28)27-8-6-26(7-9-27)15(29)11-19(20,21)22/h10H,3-9,11H2,1-2H3,(H,23,24,25). The number of hydrogen-bond donors (Lipinski definition) is 1. The van der Waals surface area contributed by atoms with Gasteiger partial charge in [-0.3, -0.25) is 9.59 Å². The number of aryl methyl sites for hydroxylation is 1. The number of Topliss-reactive ketones (excluding diaryl/α,β-unsaturated/α-hetero) is 1. The first-order valence-corrected chi connectivity index (χ1v) is 10.6. The van der Waals surface area contributed by atoms with E-state index in [0.717, 1.165) is 21.5 Å². The number of piperazine rings is 1. The highest BCUT2D eigenvalue weighted by molar-refractivity contribution is 7.18. The van der Waals surface area contributed by atoms with Crippen LogP contribution in [0.25, 0.3) is 10.2 Å². The number of hydrogen-bond acceptors (Lipinski definition) is 7. The zero-order valence-electron chi connectivity index (χ0n) is 16.9. The van der Waals surface area contributed by atoms with Crippen molar-refractivity contribution in [2.24, 2.45) is 0 Å². The average molecular weight is 443 g/mol. The van der Waals surface area contributed by atoms with E-state index in [1.165, 1.54) is 11.8 Å². The molecule has 0 bridgehead atoms. The summed E-state index contributed by atoms with van der Waals surface area (Å²) in [5.74, 6) is 0.279. The first-order valence-electron chi connectivity index (χ1n) is 9.79. The van der Waals surface area contributed by atoms with E-state index in [-0.39, 0.29) is 18.9 Å². The maximum Gasteiger partial charge on any atom is 0.397 e. The third-order valence-corrected chi connectivity index (χ3v) is 5.99. The molecule has 1 N–H and O–H groups in total. The quantitative estimate of drug-likeness (QED) is 0.708. The molecule has 1 aliphatic heterocycles. The van der Waals surface area contributed by atoms with Crippen molar-refractivity contribution in [2.75, 3.05) is 42.9 Å². The van der Waals surface area contributed by atoms with Gasteiger partial charge in [0.15, 0.2) is 0 Å². The fourth-order valence-electron chi connectivity index (χ4n) is 3.25. The summed E-state index contributed by atoms with van der Waals surface area (Å²) in [4.78, 5) is 37.4. The maximum atomic E-state index is 12.5. The second-order valence-electron chi connectivity index (χ2n) is 7.19. The van der Waals surface area contributed by atoms with Crippen molar-refractivity contribution >= 4 is 45.0 Å². The Morgan fingerprint density at radius 2 is 1.90 bits per heavy atom. The number of thiophene rings is 1. The van der Waals surface area contributed by atoms with E-state index in [1.54, 1.807) is 11.3 Å². The SMILES string of the molecule is CCc1cc2c(N3CCN(C(=O)CC(F)(F)F)CC3)nc(NCCC(C)=O)nc2s1. The molecular formula is C19H24F3N5O2S. The molecule has 1 amide bonds. The molecule has 30 heavy (non-hydrogen) atoms. The number of carbonyl (C=O) groups is 2. The van der Waals surface area contributed by atoms with Crippen LogP contribution < -0.4 is 10.2 Å². The van der Waals surface area contributed by atoms with E-state index in [2.05, 4.69) is 22.2 Å². The van der Waals surface area contributed by atoms with Gasteiger partial charge >= 0.3 is 6.18 Å². The summed E-state index contributed by atoms with van der Waals surface area (Å²) in [5, 5.41) is 3.97. The number of aromatic nitrogens is 2. The molecule has 1 saturated heterocycles. The molecule has 3 heterocycles. The zero-order chi connectivity index (χ0) is 21.9. The lowest BCUT2D eigenvalue weighted by molar-refractivity contribution is -0.161. The van der Waals surface area contributed by atoms with Crippen molar-refractivity contribution in [1.82, 2.24) is 14.9 Å². The van der Waals surface area contributed by atoms with Gasteiger partial charge in [0.25, 0.3) is 0 Å². The number of nitrogens with zero attached hydrogens (tertiary/aromatic N) is 4. The van der Waals surface area contributed by atoms with Gasteiger partial charge in [-0.1, -0.05) is 6.92 Å². The lowest BCUT2D eigenvalue weighted by Gasteiger charge is -2.36. The fraction of sp³-hybridized carbons (Fsp3) is 0.579. The van der Waals surface area contributed by atoms with Crippen LogP contribution in [0.3, 0.4) is 0 Å². The lowest BCUT2D eigenvalue weighted by Crippen LogP contribution is -2.49. The van der Waals surface area contributed by atoms with Gasteiger partial charge in [0.1, 0.15) is 22.9 Å².